The molecule has 0 unspecified atom stereocenters. The number of urea groups is 1. The van der Waals surface area contributed by atoms with Crippen molar-refractivity contribution in [2.75, 3.05) is 5.32 Å². The molecule has 5 nitrogen and oxygen atoms in total. The van der Waals surface area contributed by atoms with Crippen molar-refractivity contribution in [2.45, 2.75) is 51.6 Å². The maximum atomic E-state index is 12.1. The smallest absolute Gasteiger partial charge is 0.320 e. The van der Waals surface area contributed by atoms with Crippen molar-refractivity contribution in [1.29, 1.82) is 0 Å². The van der Waals surface area contributed by atoms with Crippen molar-refractivity contribution in [3.05, 3.63) is 45.6 Å². The van der Waals surface area contributed by atoms with Crippen molar-refractivity contribution >= 4 is 35.1 Å². The first-order chi connectivity index (χ1) is 12.0. The number of anilines is 1. The zero-order valence-corrected chi connectivity index (χ0v) is 15.7. The minimum absolute atomic E-state index is 0.189. The Morgan fingerprint density at radius 3 is 2.68 bits per heavy atom. The summed E-state index contributed by atoms with van der Waals surface area (Å²) in [5.74, 6) is 0.547. The molecular formula is C18H22Cl2N4O. The van der Waals surface area contributed by atoms with Gasteiger partial charge in [0.15, 0.2) is 5.82 Å². The standard InChI is InChI=1S/C18H22Cl2N4O/c1-12-9-17(22-18(25)21-14-5-3-2-4-6-14)23-24(12)11-13-7-8-15(19)16(20)10-13/h7-10,14H,2-6,11H2,1H3,(H2,21,22,23,25). The maximum absolute atomic E-state index is 12.1. The van der Waals surface area contributed by atoms with Gasteiger partial charge < -0.3 is 5.32 Å². The quantitative estimate of drug-likeness (QED) is 0.783. The first kappa shape index (κ1) is 18.1. The van der Waals surface area contributed by atoms with Gasteiger partial charge in [0.2, 0.25) is 0 Å². The number of carbonyl (C=O) groups excluding carboxylic acids is 1. The van der Waals surface area contributed by atoms with Crippen LogP contribution in [0, 0.1) is 6.92 Å². The number of rotatable bonds is 4. The molecule has 2 amide bonds. The number of aryl methyl sites for hydroxylation is 1. The molecule has 0 radical (unpaired) electrons. The molecule has 1 fully saturated rings. The first-order valence-corrected chi connectivity index (χ1v) is 9.33. The van der Waals surface area contributed by atoms with Gasteiger partial charge in [0.1, 0.15) is 0 Å². The zero-order valence-electron chi connectivity index (χ0n) is 14.2. The predicted octanol–water partition coefficient (Wildman–Crippen LogP) is 5.00. The molecule has 0 bridgehead atoms. The molecule has 1 aromatic heterocycles. The highest BCUT2D eigenvalue weighted by molar-refractivity contribution is 6.42. The third-order valence-electron chi connectivity index (χ3n) is 4.48. The molecule has 1 saturated carbocycles. The van der Waals surface area contributed by atoms with Crippen molar-refractivity contribution in [1.82, 2.24) is 15.1 Å². The second kappa shape index (κ2) is 8.11. The van der Waals surface area contributed by atoms with E-state index < -0.39 is 0 Å². The molecule has 0 atom stereocenters. The minimum Gasteiger partial charge on any atom is -0.335 e. The number of nitrogens with zero attached hydrogens (tertiary/aromatic N) is 2. The molecule has 1 aliphatic carbocycles. The van der Waals surface area contributed by atoms with Crippen LogP contribution in [0.3, 0.4) is 0 Å². The van der Waals surface area contributed by atoms with E-state index in [1.54, 1.807) is 6.07 Å². The predicted molar refractivity (Wildman–Crippen MR) is 102 cm³/mol. The van der Waals surface area contributed by atoms with Crippen LogP contribution in [0.4, 0.5) is 10.6 Å². The van der Waals surface area contributed by atoms with E-state index in [0.29, 0.717) is 22.4 Å². The van der Waals surface area contributed by atoms with Gasteiger partial charge in [-0.2, -0.15) is 5.10 Å². The molecule has 0 saturated heterocycles. The number of nitrogens with one attached hydrogen (secondary N) is 2. The number of benzene rings is 1. The van der Waals surface area contributed by atoms with Gasteiger partial charge in [-0.1, -0.05) is 48.5 Å². The summed E-state index contributed by atoms with van der Waals surface area (Å²) in [4.78, 5) is 12.1. The zero-order chi connectivity index (χ0) is 17.8. The van der Waals surface area contributed by atoms with Crippen LogP contribution >= 0.6 is 23.2 Å². The highest BCUT2D eigenvalue weighted by atomic mass is 35.5. The van der Waals surface area contributed by atoms with E-state index in [2.05, 4.69) is 15.7 Å². The van der Waals surface area contributed by atoms with E-state index in [1.807, 2.05) is 29.8 Å². The van der Waals surface area contributed by atoms with E-state index in [4.69, 9.17) is 23.2 Å². The number of hydrogen-bond donors (Lipinski definition) is 2. The van der Waals surface area contributed by atoms with Crippen LogP contribution in [0.15, 0.2) is 24.3 Å². The Kier molecular flexibility index (Phi) is 5.86. The number of amides is 2. The molecule has 1 aliphatic rings. The van der Waals surface area contributed by atoms with Crippen LogP contribution in [-0.4, -0.2) is 21.9 Å². The van der Waals surface area contributed by atoms with Crippen molar-refractivity contribution in [3.8, 4) is 0 Å². The van der Waals surface area contributed by atoms with Crippen molar-refractivity contribution in [2.24, 2.45) is 0 Å². The summed E-state index contributed by atoms with van der Waals surface area (Å²) in [6.45, 7) is 2.52. The molecular weight excluding hydrogens is 359 g/mol. The first-order valence-electron chi connectivity index (χ1n) is 8.57. The normalized spacial score (nSPS) is 15.2. The van der Waals surface area contributed by atoms with Crippen molar-refractivity contribution in [3.63, 3.8) is 0 Å². The summed E-state index contributed by atoms with van der Waals surface area (Å²) in [5, 5.41) is 11.4. The van der Waals surface area contributed by atoms with Crippen LogP contribution in [-0.2, 0) is 6.54 Å². The summed E-state index contributed by atoms with van der Waals surface area (Å²) in [6.07, 6.45) is 5.74. The molecule has 1 aromatic carbocycles. The van der Waals surface area contributed by atoms with Gasteiger partial charge in [0.25, 0.3) is 0 Å². The molecule has 3 rings (SSSR count). The third-order valence-corrected chi connectivity index (χ3v) is 5.22. The second-order valence-corrected chi connectivity index (χ2v) is 7.32. The van der Waals surface area contributed by atoms with Gasteiger partial charge in [-0.25, -0.2) is 4.79 Å². The fourth-order valence-electron chi connectivity index (χ4n) is 3.13. The molecule has 1 heterocycles. The third kappa shape index (κ3) is 4.89. The Labute approximate surface area is 157 Å². The summed E-state index contributed by atoms with van der Waals surface area (Å²) in [6, 6.07) is 7.46. The number of halogens is 2. The maximum Gasteiger partial charge on any atom is 0.320 e. The summed E-state index contributed by atoms with van der Waals surface area (Å²) in [5.41, 5.74) is 1.96. The highest BCUT2D eigenvalue weighted by Gasteiger charge is 2.16. The summed E-state index contributed by atoms with van der Waals surface area (Å²) < 4.78 is 1.83. The average Bonchev–Trinajstić information content (AvgIpc) is 2.91. The lowest BCUT2D eigenvalue weighted by molar-refractivity contribution is 0.244. The fourth-order valence-corrected chi connectivity index (χ4v) is 3.45. The van der Waals surface area contributed by atoms with E-state index in [-0.39, 0.29) is 12.1 Å². The summed E-state index contributed by atoms with van der Waals surface area (Å²) in [7, 11) is 0. The topological polar surface area (TPSA) is 59.0 Å². The van der Waals surface area contributed by atoms with Crippen molar-refractivity contribution < 1.29 is 4.79 Å². The van der Waals surface area contributed by atoms with Gasteiger partial charge in [0.05, 0.1) is 16.6 Å². The summed E-state index contributed by atoms with van der Waals surface area (Å²) >= 11 is 12.0. The molecule has 25 heavy (non-hydrogen) atoms. The molecule has 0 spiro atoms. The lowest BCUT2D eigenvalue weighted by atomic mass is 9.96. The Morgan fingerprint density at radius 1 is 1.20 bits per heavy atom. The number of aromatic nitrogens is 2. The van der Waals surface area contributed by atoms with Crippen LogP contribution in [0.5, 0.6) is 0 Å². The molecule has 2 N–H and O–H groups in total. The molecule has 134 valence electrons. The highest BCUT2D eigenvalue weighted by Crippen LogP contribution is 2.23. The van der Waals surface area contributed by atoms with Gasteiger partial charge in [-0.05, 0) is 37.5 Å². The van der Waals surface area contributed by atoms with Crippen LogP contribution < -0.4 is 10.6 Å². The second-order valence-electron chi connectivity index (χ2n) is 6.51. The van der Waals surface area contributed by atoms with Gasteiger partial charge in [-0.3, -0.25) is 10.00 Å². The Morgan fingerprint density at radius 2 is 1.96 bits per heavy atom. The van der Waals surface area contributed by atoms with Crippen LogP contribution in [0.25, 0.3) is 0 Å². The molecule has 7 heteroatoms. The Balaban J connectivity index is 1.61. The Bertz CT molecular complexity index is 754. The van der Waals surface area contributed by atoms with Gasteiger partial charge >= 0.3 is 6.03 Å². The molecule has 2 aromatic rings. The van der Waals surface area contributed by atoms with E-state index in [1.165, 1.54) is 19.3 Å². The number of hydrogen-bond acceptors (Lipinski definition) is 2. The van der Waals surface area contributed by atoms with E-state index in [0.717, 1.165) is 24.1 Å². The molecule has 0 aliphatic heterocycles. The lowest BCUT2D eigenvalue weighted by Gasteiger charge is -2.22. The van der Waals surface area contributed by atoms with Crippen LogP contribution in [0.1, 0.15) is 43.4 Å². The average molecular weight is 381 g/mol. The van der Waals surface area contributed by atoms with Crippen LogP contribution in [0.2, 0.25) is 10.0 Å². The van der Waals surface area contributed by atoms with E-state index >= 15 is 0 Å². The lowest BCUT2D eigenvalue weighted by Crippen LogP contribution is -2.39. The SMILES string of the molecule is Cc1cc(NC(=O)NC2CCCCC2)nn1Cc1ccc(Cl)c(Cl)c1. The van der Waals surface area contributed by atoms with E-state index in [9.17, 15) is 4.79 Å². The monoisotopic (exact) mass is 380 g/mol. The Hall–Kier alpha value is -1.72. The van der Waals surface area contributed by atoms with Gasteiger partial charge in [-0.15, -0.1) is 0 Å². The minimum atomic E-state index is -0.189. The fraction of sp³-hybridized carbons (Fsp3) is 0.444. The number of carbonyl (C=O) groups is 1. The largest absolute Gasteiger partial charge is 0.335 e. The van der Waals surface area contributed by atoms with Gasteiger partial charge in [0, 0.05) is 17.8 Å².